The number of anilines is 1. The third kappa shape index (κ3) is 2.65. The Labute approximate surface area is 110 Å². The van der Waals surface area contributed by atoms with Crippen molar-refractivity contribution in [2.75, 3.05) is 12.8 Å². The summed E-state index contributed by atoms with van der Waals surface area (Å²) in [7, 11) is 3.03. The Bertz CT molecular complexity index is 621. The van der Waals surface area contributed by atoms with Gasteiger partial charge in [-0.1, -0.05) is 0 Å². The number of benzene rings is 1. The number of nitrogen functional groups attached to an aromatic ring is 1. The van der Waals surface area contributed by atoms with Crippen LogP contribution in [0.15, 0.2) is 18.5 Å². The molecule has 0 fully saturated rings. The smallest absolute Gasteiger partial charge is 0.340 e. The number of nitrogens with zero attached hydrogens (tertiary/aromatic N) is 3. The lowest BCUT2D eigenvalue weighted by molar-refractivity contribution is 0.0601. The molecule has 0 bridgehead atoms. The molecule has 19 heavy (non-hydrogen) atoms. The number of carbonyl (C=O) groups is 1. The van der Waals surface area contributed by atoms with E-state index in [0.29, 0.717) is 17.0 Å². The first-order valence-electron chi connectivity index (χ1n) is 5.53. The van der Waals surface area contributed by atoms with Crippen LogP contribution in [-0.2, 0) is 11.8 Å². The minimum absolute atomic E-state index is 0.197. The first-order chi connectivity index (χ1) is 9.01. The Morgan fingerprint density at radius 3 is 2.74 bits per heavy atom. The van der Waals surface area contributed by atoms with Gasteiger partial charge in [0.05, 0.1) is 12.7 Å². The van der Waals surface area contributed by atoms with Crippen molar-refractivity contribution >= 4 is 11.7 Å². The number of aryl methyl sites for hydroxylation is 2. The molecule has 0 unspecified atom stereocenters. The van der Waals surface area contributed by atoms with Crippen LogP contribution in [0.5, 0.6) is 11.8 Å². The molecule has 0 aliphatic rings. The summed E-state index contributed by atoms with van der Waals surface area (Å²) < 4.78 is 11.7. The third-order valence-corrected chi connectivity index (χ3v) is 2.55. The molecule has 7 nitrogen and oxygen atoms in total. The lowest BCUT2D eigenvalue weighted by atomic mass is 10.1. The minimum Gasteiger partial charge on any atom is -0.465 e. The van der Waals surface area contributed by atoms with E-state index in [1.165, 1.54) is 24.2 Å². The highest BCUT2D eigenvalue weighted by Gasteiger charge is 2.15. The zero-order valence-electron chi connectivity index (χ0n) is 10.9. The SMILES string of the molecule is COC(=O)c1cc(Oc2ncn(C)n2)cc(C)c1N. The molecule has 0 aliphatic carbocycles. The molecule has 0 radical (unpaired) electrons. The monoisotopic (exact) mass is 262 g/mol. The molecule has 1 aromatic carbocycles. The summed E-state index contributed by atoms with van der Waals surface area (Å²) in [5.74, 6) is -0.0849. The summed E-state index contributed by atoms with van der Waals surface area (Å²) in [5.41, 5.74) is 7.18. The maximum atomic E-state index is 11.6. The Kier molecular flexibility index (Phi) is 3.37. The maximum absolute atomic E-state index is 11.6. The van der Waals surface area contributed by atoms with Gasteiger partial charge in [-0.15, -0.1) is 5.10 Å². The van der Waals surface area contributed by atoms with E-state index >= 15 is 0 Å². The van der Waals surface area contributed by atoms with E-state index in [1.54, 1.807) is 20.0 Å². The van der Waals surface area contributed by atoms with E-state index in [9.17, 15) is 4.79 Å². The number of hydrogen-bond donors (Lipinski definition) is 1. The number of carbonyl (C=O) groups excluding carboxylic acids is 1. The summed E-state index contributed by atoms with van der Waals surface area (Å²) in [6.07, 6.45) is 1.51. The Hall–Kier alpha value is -2.57. The van der Waals surface area contributed by atoms with Crippen molar-refractivity contribution < 1.29 is 14.3 Å². The molecule has 100 valence electrons. The van der Waals surface area contributed by atoms with Crippen LogP contribution in [0.1, 0.15) is 15.9 Å². The molecule has 0 atom stereocenters. The van der Waals surface area contributed by atoms with Crippen LogP contribution < -0.4 is 10.5 Å². The number of ether oxygens (including phenoxy) is 2. The van der Waals surface area contributed by atoms with Gasteiger partial charge >= 0.3 is 12.0 Å². The highest BCUT2D eigenvalue weighted by atomic mass is 16.5. The molecule has 2 aromatic rings. The lowest BCUT2D eigenvalue weighted by Gasteiger charge is -2.09. The van der Waals surface area contributed by atoms with Gasteiger partial charge in [0.2, 0.25) is 0 Å². The number of aromatic nitrogens is 3. The van der Waals surface area contributed by atoms with Gasteiger partial charge < -0.3 is 15.2 Å². The van der Waals surface area contributed by atoms with Gasteiger partial charge in [-0.05, 0) is 24.6 Å². The predicted octanol–water partition coefficient (Wildman–Crippen LogP) is 1.28. The topological polar surface area (TPSA) is 92.3 Å². The van der Waals surface area contributed by atoms with Gasteiger partial charge in [0, 0.05) is 12.7 Å². The summed E-state index contributed by atoms with van der Waals surface area (Å²) >= 11 is 0. The molecule has 1 aromatic heterocycles. The maximum Gasteiger partial charge on any atom is 0.340 e. The van der Waals surface area contributed by atoms with Crippen LogP contribution in [0.25, 0.3) is 0 Å². The van der Waals surface area contributed by atoms with Crippen LogP contribution in [0, 0.1) is 6.92 Å². The number of rotatable bonds is 3. The van der Waals surface area contributed by atoms with Crippen molar-refractivity contribution in [2.45, 2.75) is 6.92 Å². The van der Waals surface area contributed by atoms with Crippen LogP contribution in [0.3, 0.4) is 0 Å². The molecule has 7 heteroatoms. The normalized spacial score (nSPS) is 10.3. The van der Waals surface area contributed by atoms with Gasteiger partial charge in [0.1, 0.15) is 12.1 Å². The van der Waals surface area contributed by atoms with Crippen LogP contribution in [0.4, 0.5) is 5.69 Å². The molecule has 0 saturated heterocycles. The van der Waals surface area contributed by atoms with Crippen molar-refractivity contribution in [1.29, 1.82) is 0 Å². The third-order valence-electron chi connectivity index (χ3n) is 2.55. The molecule has 0 amide bonds. The zero-order valence-corrected chi connectivity index (χ0v) is 10.9. The molecule has 0 aliphatic heterocycles. The van der Waals surface area contributed by atoms with Crippen molar-refractivity contribution in [2.24, 2.45) is 7.05 Å². The second-order valence-electron chi connectivity index (χ2n) is 4.00. The summed E-state index contributed by atoms with van der Waals surface area (Å²) in [4.78, 5) is 15.5. The zero-order chi connectivity index (χ0) is 14.0. The molecular formula is C12H14N4O3. The number of nitrogens with two attached hydrogens (primary N) is 1. The molecule has 1 heterocycles. The number of hydrogen-bond acceptors (Lipinski definition) is 6. The summed E-state index contributed by atoms with van der Waals surface area (Å²) in [6, 6.07) is 3.41. The van der Waals surface area contributed by atoms with E-state index in [-0.39, 0.29) is 11.6 Å². The van der Waals surface area contributed by atoms with E-state index in [0.717, 1.165) is 0 Å². The fourth-order valence-corrected chi connectivity index (χ4v) is 1.57. The molecule has 2 rings (SSSR count). The van der Waals surface area contributed by atoms with Crippen LogP contribution in [0.2, 0.25) is 0 Å². The summed E-state index contributed by atoms with van der Waals surface area (Å²) in [6.45, 7) is 1.78. The quantitative estimate of drug-likeness (QED) is 0.661. The fraction of sp³-hybridized carbons (Fsp3) is 0.250. The second-order valence-corrected chi connectivity index (χ2v) is 4.00. The van der Waals surface area contributed by atoms with E-state index in [4.69, 9.17) is 10.5 Å². The highest BCUT2D eigenvalue weighted by Crippen LogP contribution is 2.27. The van der Waals surface area contributed by atoms with Gasteiger partial charge in [-0.2, -0.15) is 4.98 Å². The van der Waals surface area contributed by atoms with Crippen molar-refractivity contribution in [3.05, 3.63) is 29.6 Å². The van der Waals surface area contributed by atoms with Gasteiger partial charge in [0.15, 0.2) is 0 Å². The van der Waals surface area contributed by atoms with Crippen molar-refractivity contribution in [3.8, 4) is 11.8 Å². The largest absolute Gasteiger partial charge is 0.465 e. The Morgan fingerprint density at radius 1 is 1.42 bits per heavy atom. The van der Waals surface area contributed by atoms with Crippen molar-refractivity contribution in [1.82, 2.24) is 14.8 Å². The van der Waals surface area contributed by atoms with E-state index in [2.05, 4.69) is 14.8 Å². The molecule has 0 spiro atoms. The number of esters is 1. The first-order valence-corrected chi connectivity index (χ1v) is 5.53. The molecule has 2 N–H and O–H groups in total. The number of methoxy groups -OCH3 is 1. The minimum atomic E-state index is -0.514. The average molecular weight is 262 g/mol. The Morgan fingerprint density at radius 2 is 2.16 bits per heavy atom. The van der Waals surface area contributed by atoms with Crippen LogP contribution in [-0.4, -0.2) is 27.8 Å². The van der Waals surface area contributed by atoms with E-state index < -0.39 is 5.97 Å². The first kappa shape index (κ1) is 12.9. The fourth-order valence-electron chi connectivity index (χ4n) is 1.57. The van der Waals surface area contributed by atoms with Crippen molar-refractivity contribution in [3.63, 3.8) is 0 Å². The van der Waals surface area contributed by atoms with E-state index in [1.807, 2.05) is 0 Å². The van der Waals surface area contributed by atoms with Gasteiger partial charge in [0.25, 0.3) is 0 Å². The summed E-state index contributed by atoms with van der Waals surface area (Å²) in [5, 5.41) is 3.99. The van der Waals surface area contributed by atoms with Gasteiger partial charge in [-0.3, -0.25) is 4.68 Å². The highest BCUT2D eigenvalue weighted by molar-refractivity contribution is 5.96. The van der Waals surface area contributed by atoms with Crippen LogP contribution >= 0.6 is 0 Å². The predicted molar refractivity (Wildman–Crippen MR) is 68.0 cm³/mol. The molecular weight excluding hydrogens is 248 g/mol. The average Bonchev–Trinajstić information content (AvgIpc) is 2.78. The second kappa shape index (κ2) is 4.97. The Balaban J connectivity index is 2.36. The molecule has 0 saturated carbocycles. The van der Waals surface area contributed by atoms with Gasteiger partial charge in [-0.25, -0.2) is 4.79 Å². The standard InChI is InChI=1S/C12H14N4O3/c1-7-4-8(19-12-14-6-16(2)15-12)5-9(10(7)13)11(17)18-3/h4-6H,13H2,1-3H3. The lowest BCUT2D eigenvalue weighted by Crippen LogP contribution is -2.07.